The molecule has 106 valence electrons. The highest BCUT2D eigenvalue weighted by atomic mass is 32.2. The van der Waals surface area contributed by atoms with Crippen LogP contribution < -0.4 is 14.8 Å². The van der Waals surface area contributed by atoms with E-state index in [0.717, 1.165) is 4.31 Å². The van der Waals surface area contributed by atoms with E-state index in [1.165, 1.54) is 13.1 Å². The molecule has 1 rings (SSSR count). The second-order valence-corrected chi connectivity index (χ2v) is 5.83. The van der Waals surface area contributed by atoms with Crippen molar-refractivity contribution < 1.29 is 17.9 Å². The van der Waals surface area contributed by atoms with Gasteiger partial charge in [0.25, 0.3) is 0 Å². The monoisotopic (exact) mass is 287 g/mol. The van der Waals surface area contributed by atoms with Crippen LogP contribution in [0.25, 0.3) is 0 Å². The molecule has 3 N–H and O–H groups in total. The number of anilines is 2. The summed E-state index contributed by atoms with van der Waals surface area (Å²) < 4.78 is 31.2. The summed E-state index contributed by atoms with van der Waals surface area (Å²) in [6.07, 6.45) is -1.43. The fraction of sp³-hybridized carbons (Fsp3) is 0.364. The highest BCUT2D eigenvalue weighted by molar-refractivity contribution is 7.91. The van der Waals surface area contributed by atoms with E-state index in [1.54, 1.807) is 36.8 Å². The van der Waals surface area contributed by atoms with Crippen molar-refractivity contribution in [1.82, 2.24) is 4.72 Å². The molecule has 0 unspecified atom stereocenters. The molecule has 0 spiro atoms. The van der Waals surface area contributed by atoms with Crippen molar-refractivity contribution in [2.45, 2.75) is 20.0 Å². The van der Waals surface area contributed by atoms with Crippen LogP contribution in [0.15, 0.2) is 24.3 Å². The Kier molecular flexibility index (Phi) is 4.60. The number of carbonyl (C=O) groups is 1. The van der Waals surface area contributed by atoms with Gasteiger partial charge in [-0.05, 0) is 32.0 Å². The minimum Gasteiger partial charge on any atom is -0.446 e. The van der Waals surface area contributed by atoms with Crippen molar-refractivity contribution in [3.8, 4) is 0 Å². The number of amides is 1. The van der Waals surface area contributed by atoms with Crippen LogP contribution in [0.3, 0.4) is 0 Å². The Hall–Kier alpha value is -1.96. The average Bonchev–Trinajstić information content (AvgIpc) is 2.25. The lowest BCUT2D eigenvalue weighted by molar-refractivity contribution is 0.121. The zero-order valence-electron chi connectivity index (χ0n) is 11.0. The molecule has 0 atom stereocenters. The molecular formula is C11H17N3O4S. The Balaban J connectivity index is 2.85. The molecule has 0 saturated heterocycles. The van der Waals surface area contributed by atoms with E-state index in [2.05, 4.69) is 0 Å². The number of ether oxygens (including phenoxy) is 1. The van der Waals surface area contributed by atoms with Crippen LogP contribution in [0.2, 0.25) is 0 Å². The molecule has 0 bridgehead atoms. The first-order valence-electron chi connectivity index (χ1n) is 5.55. The molecule has 1 amide bonds. The molecule has 0 saturated carbocycles. The summed E-state index contributed by atoms with van der Waals surface area (Å²) in [6.45, 7) is 3.24. The van der Waals surface area contributed by atoms with Gasteiger partial charge in [-0.15, -0.1) is 0 Å². The maximum Gasteiger partial charge on any atom is 0.422 e. The maximum atomic E-state index is 11.9. The summed E-state index contributed by atoms with van der Waals surface area (Å²) >= 11 is 0. The van der Waals surface area contributed by atoms with Crippen LogP contribution in [0, 0.1) is 0 Å². The van der Waals surface area contributed by atoms with Crippen LogP contribution in [-0.2, 0) is 14.9 Å². The van der Waals surface area contributed by atoms with Crippen LogP contribution >= 0.6 is 0 Å². The first-order valence-corrected chi connectivity index (χ1v) is 6.99. The summed E-state index contributed by atoms with van der Waals surface area (Å²) in [5, 5.41) is 0. The molecule has 0 aliphatic rings. The number of nitrogens with one attached hydrogen (secondary N) is 1. The zero-order valence-corrected chi connectivity index (χ0v) is 11.8. The minimum atomic E-state index is -4.02. The maximum absolute atomic E-state index is 11.9. The molecule has 0 heterocycles. The van der Waals surface area contributed by atoms with Gasteiger partial charge in [-0.25, -0.2) is 9.52 Å². The summed E-state index contributed by atoms with van der Waals surface area (Å²) in [7, 11) is -2.72. The Labute approximate surface area is 112 Å². The molecule has 0 radical (unpaired) electrons. The van der Waals surface area contributed by atoms with Gasteiger partial charge >= 0.3 is 16.3 Å². The van der Waals surface area contributed by atoms with Gasteiger partial charge < -0.3 is 10.5 Å². The number of nitrogens with two attached hydrogens (primary N) is 1. The van der Waals surface area contributed by atoms with Crippen molar-refractivity contribution >= 4 is 27.7 Å². The SMILES string of the molecule is CC(C)OC(=O)NS(=O)(=O)N(C)c1cccc(N)c1. The third-order valence-corrected chi connectivity index (χ3v) is 3.51. The predicted octanol–water partition coefficient (Wildman–Crippen LogP) is 1.08. The fourth-order valence-corrected chi connectivity index (χ4v) is 2.06. The first-order chi connectivity index (χ1) is 8.72. The lowest BCUT2D eigenvalue weighted by Crippen LogP contribution is -2.42. The van der Waals surface area contributed by atoms with Crippen molar-refractivity contribution in [2.75, 3.05) is 17.1 Å². The van der Waals surface area contributed by atoms with Crippen LogP contribution in [0.1, 0.15) is 13.8 Å². The van der Waals surface area contributed by atoms with Gasteiger partial charge in [0.15, 0.2) is 0 Å². The highest BCUT2D eigenvalue weighted by Gasteiger charge is 2.22. The second-order valence-electron chi connectivity index (χ2n) is 4.12. The molecule has 0 aromatic heterocycles. The van der Waals surface area contributed by atoms with Crippen LogP contribution in [0.4, 0.5) is 16.2 Å². The fourth-order valence-electron chi connectivity index (χ4n) is 1.27. The van der Waals surface area contributed by atoms with E-state index < -0.39 is 22.4 Å². The number of hydrogen-bond donors (Lipinski definition) is 2. The van der Waals surface area contributed by atoms with E-state index in [1.807, 2.05) is 0 Å². The number of benzene rings is 1. The average molecular weight is 287 g/mol. The molecule has 1 aromatic rings. The molecular weight excluding hydrogens is 270 g/mol. The third-order valence-electron chi connectivity index (χ3n) is 2.15. The first kappa shape index (κ1) is 15.1. The molecule has 1 aromatic carbocycles. The van der Waals surface area contributed by atoms with Crippen molar-refractivity contribution in [3.05, 3.63) is 24.3 Å². The Morgan fingerprint density at radius 2 is 2.05 bits per heavy atom. The van der Waals surface area contributed by atoms with E-state index in [0.29, 0.717) is 11.4 Å². The number of hydrogen-bond acceptors (Lipinski definition) is 5. The van der Waals surface area contributed by atoms with E-state index >= 15 is 0 Å². The second kappa shape index (κ2) is 5.79. The number of nitrogens with zero attached hydrogens (tertiary/aromatic N) is 1. The van der Waals surface area contributed by atoms with Gasteiger partial charge in [0, 0.05) is 12.7 Å². The molecule has 7 nitrogen and oxygen atoms in total. The molecule has 8 heteroatoms. The zero-order chi connectivity index (χ0) is 14.6. The minimum absolute atomic E-state index is 0.338. The third kappa shape index (κ3) is 4.32. The van der Waals surface area contributed by atoms with Crippen molar-refractivity contribution in [2.24, 2.45) is 0 Å². The van der Waals surface area contributed by atoms with E-state index in [-0.39, 0.29) is 0 Å². The Morgan fingerprint density at radius 3 is 2.58 bits per heavy atom. The lowest BCUT2D eigenvalue weighted by Gasteiger charge is -2.20. The van der Waals surface area contributed by atoms with Gasteiger partial charge in [-0.1, -0.05) is 6.07 Å². The van der Waals surface area contributed by atoms with Gasteiger partial charge in [0.2, 0.25) is 0 Å². The number of carbonyl (C=O) groups excluding carboxylic acids is 1. The smallest absolute Gasteiger partial charge is 0.422 e. The van der Waals surface area contributed by atoms with Gasteiger partial charge in [0.1, 0.15) is 0 Å². The summed E-state index contributed by atoms with van der Waals surface area (Å²) in [4.78, 5) is 11.3. The standard InChI is InChI=1S/C11H17N3O4S/c1-8(2)18-11(15)13-19(16,17)14(3)10-6-4-5-9(12)7-10/h4-8H,12H2,1-3H3,(H,13,15). The molecule has 0 aliphatic heterocycles. The van der Waals surface area contributed by atoms with Crippen molar-refractivity contribution in [1.29, 1.82) is 0 Å². The molecule has 0 aliphatic carbocycles. The largest absolute Gasteiger partial charge is 0.446 e. The Morgan fingerprint density at radius 1 is 1.42 bits per heavy atom. The molecule has 19 heavy (non-hydrogen) atoms. The van der Waals surface area contributed by atoms with Crippen LogP contribution in [0.5, 0.6) is 0 Å². The Bertz CT molecular complexity index is 557. The van der Waals surface area contributed by atoms with Crippen LogP contribution in [-0.4, -0.2) is 27.7 Å². The van der Waals surface area contributed by atoms with Gasteiger partial charge in [-0.2, -0.15) is 8.42 Å². The summed E-state index contributed by atoms with van der Waals surface area (Å²) in [5.74, 6) is 0. The highest BCUT2D eigenvalue weighted by Crippen LogP contribution is 2.18. The quantitative estimate of drug-likeness (QED) is 0.807. The molecule has 0 fully saturated rings. The van der Waals surface area contributed by atoms with Crippen molar-refractivity contribution in [3.63, 3.8) is 0 Å². The predicted molar refractivity (Wildman–Crippen MR) is 72.9 cm³/mol. The number of rotatable bonds is 4. The summed E-state index contributed by atoms with van der Waals surface area (Å²) in [5.41, 5.74) is 6.33. The van der Waals surface area contributed by atoms with E-state index in [9.17, 15) is 13.2 Å². The normalized spacial score (nSPS) is 11.2. The lowest BCUT2D eigenvalue weighted by atomic mass is 10.3. The van der Waals surface area contributed by atoms with Gasteiger partial charge in [0.05, 0.1) is 11.8 Å². The van der Waals surface area contributed by atoms with E-state index in [4.69, 9.17) is 10.5 Å². The summed E-state index contributed by atoms with van der Waals surface area (Å²) in [6, 6.07) is 6.28. The topological polar surface area (TPSA) is 102 Å². The number of nitrogen functional groups attached to an aromatic ring is 1. The van der Waals surface area contributed by atoms with Gasteiger partial charge in [-0.3, -0.25) is 4.31 Å².